The number of methoxy groups -OCH3 is 3. The zero-order chi connectivity index (χ0) is 17.9. The van der Waals surface area contributed by atoms with Crippen LogP contribution in [0.5, 0.6) is 17.2 Å². The molecule has 0 spiro atoms. The van der Waals surface area contributed by atoms with Gasteiger partial charge in [0.2, 0.25) is 11.7 Å². The molecule has 0 bridgehead atoms. The minimum absolute atomic E-state index is 0.0189. The van der Waals surface area contributed by atoms with Gasteiger partial charge in [-0.3, -0.25) is 4.79 Å². The predicted molar refractivity (Wildman–Crippen MR) is 96.2 cm³/mol. The lowest BCUT2D eigenvalue weighted by atomic mass is 9.94. The van der Waals surface area contributed by atoms with Crippen LogP contribution in [-0.4, -0.2) is 33.8 Å². The summed E-state index contributed by atoms with van der Waals surface area (Å²) in [6.07, 6.45) is 5.54. The Morgan fingerprint density at radius 2 is 1.79 bits per heavy atom. The molecule has 1 rings (SSSR count). The number of hydrogen-bond acceptors (Lipinski definition) is 4. The maximum Gasteiger partial charge on any atom is 0.227 e. The fourth-order valence-electron chi connectivity index (χ4n) is 2.62. The minimum atomic E-state index is -0.252. The molecule has 0 aliphatic rings. The lowest BCUT2D eigenvalue weighted by Crippen LogP contribution is -2.30. The number of ether oxygens (including phenoxy) is 3. The van der Waals surface area contributed by atoms with Crippen molar-refractivity contribution in [1.82, 2.24) is 5.32 Å². The number of hydrogen-bond donors (Lipinski definition) is 1. The van der Waals surface area contributed by atoms with Gasteiger partial charge in [0.05, 0.1) is 27.2 Å². The largest absolute Gasteiger partial charge is 0.493 e. The van der Waals surface area contributed by atoms with E-state index in [1.807, 2.05) is 25.1 Å². The molecule has 1 aromatic carbocycles. The average Bonchev–Trinajstić information content (AvgIpc) is 2.61. The summed E-state index contributed by atoms with van der Waals surface area (Å²) >= 11 is 0. The normalized spacial score (nSPS) is 11.5. The van der Waals surface area contributed by atoms with Gasteiger partial charge in [0.15, 0.2) is 11.5 Å². The van der Waals surface area contributed by atoms with Crippen LogP contribution in [0.15, 0.2) is 24.8 Å². The van der Waals surface area contributed by atoms with Crippen LogP contribution in [-0.2, 0) is 4.79 Å². The van der Waals surface area contributed by atoms with E-state index in [4.69, 9.17) is 14.2 Å². The molecule has 0 unspecified atom stereocenters. The van der Waals surface area contributed by atoms with Crippen LogP contribution in [0.2, 0.25) is 0 Å². The van der Waals surface area contributed by atoms with Crippen molar-refractivity contribution in [3.05, 3.63) is 30.4 Å². The third-order valence-corrected chi connectivity index (χ3v) is 3.95. The minimum Gasteiger partial charge on any atom is -0.493 e. The van der Waals surface area contributed by atoms with Gasteiger partial charge in [0.25, 0.3) is 0 Å². The third kappa shape index (κ3) is 5.18. The van der Waals surface area contributed by atoms with Gasteiger partial charge < -0.3 is 19.5 Å². The molecular weight excluding hydrogens is 306 g/mol. The first kappa shape index (κ1) is 19.9. The highest BCUT2D eigenvalue weighted by molar-refractivity contribution is 5.84. The van der Waals surface area contributed by atoms with Gasteiger partial charge in [0.1, 0.15) is 0 Å². The molecule has 0 fully saturated rings. The third-order valence-electron chi connectivity index (χ3n) is 3.95. The van der Waals surface area contributed by atoms with Crippen molar-refractivity contribution in [2.24, 2.45) is 0 Å². The van der Waals surface area contributed by atoms with E-state index in [1.165, 1.54) is 0 Å². The lowest BCUT2D eigenvalue weighted by molar-refractivity contribution is -0.122. The smallest absolute Gasteiger partial charge is 0.227 e. The van der Waals surface area contributed by atoms with Gasteiger partial charge in [-0.25, -0.2) is 0 Å². The number of nitrogens with one attached hydrogen (secondary N) is 1. The highest BCUT2D eigenvalue weighted by Crippen LogP contribution is 2.40. The summed E-state index contributed by atoms with van der Waals surface area (Å²) in [6.45, 7) is 6.37. The number of rotatable bonds is 11. The van der Waals surface area contributed by atoms with Crippen LogP contribution in [0.25, 0.3) is 0 Å². The molecule has 0 heterocycles. The molecule has 0 radical (unpaired) electrons. The molecule has 134 valence electrons. The van der Waals surface area contributed by atoms with Crippen molar-refractivity contribution in [1.29, 1.82) is 0 Å². The molecule has 1 N–H and O–H groups in total. The Hall–Kier alpha value is -2.17. The first-order chi connectivity index (χ1) is 11.6. The number of unbranched alkanes of at least 4 members (excludes halogenated alkanes) is 2. The number of benzene rings is 1. The number of carbonyl (C=O) groups excluding carboxylic acids is 1. The summed E-state index contributed by atoms with van der Waals surface area (Å²) in [4.78, 5) is 12.5. The first-order valence-corrected chi connectivity index (χ1v) is 8.31. The number of allylic oxidation sites excluding steroid dienone is 1. The van der Waals surface area contributed by atoms with E-state index in [-0.39, 0.29) is 11.8 Å². The van der Waals surface area contributed by atoms with E-state index in [2.05, 4.69) is 11.9 Å². The summed E-state index contributed by atoms with van der Waals surface area (Å²) in [5.74, 6) is 1.42. The van der Waals surface area contributed by atoms with Gasteiger partial charge in [-0.1, -0.05) is 13.0 Å². The second kappa shape index (κ2) is 10.6. The molecule has 24 heavy (non-hydrogen) atoms. The summed E-state index contributed by atoms with van der Waals surface area (Å²) < 4.78 is 16.1. The predicted octanol–water partition coefficient (Wildman–Crippen LogP) is 3.68. The van der Waals surface area contributed by atoms with Crippen molar-refractivity contribution in [3.63, 3.8) is 0 Å². The van der Waals surface area contributed by atoms with E-state index in [0.717, 1.165) is 24.8 Å². The molecule has 5 heteroatoms. The molecule has 1 atom stereocenters. The quantitative estimate of drug-likeness (QED) is 0.495. The van der Waals surface area contributed by atoms with E-state index in [0.29, 0.717) is 30.2 Å². The highest BCUT2D eigenvalue weighted by atomic mass is 16.5. The molecule has 0 aliphatic heterocycles. The molecule has 5 nitrogen and oxygen atoms in total. The van der Waals surface area contributed by atoms with Crippen molar-refractivity contribution >= 4 is 5.91 Å². The van der Waals surface area contributed by atoms with Crippen LogP contribution in [0.4, 0.5) is 0 Å². The van der Waals surface area contributed by atoms with Gasteiger partial charge in [-0.2, -0.15) is 0 Å². The van der Waals surface area contributed by atoms with E-state index >= 15 is 0 Å². The summed E-state index contributed by atoms with van der Waals surface area (Å²) in [5, 5.41) is 3.01. The van der Waals surface area contributed by atoms with Crippen LogP contribution in [0, 0.1) is 0 Å². The Kier molecular flexibility index (Phi) is 8.76. The Morgan fingerprint density at radius 1 is 1.17 bits per heavy atom. The van der Waals surface area contributed by atoms with E-state index in [9.17, 15) is 4.79 Å². The van der Waals surface area contributed by atoms with Crippen LogP contribution in [0.3, 0.4) is 0 Å². The molecular formula is C19H29NO4. The maximum atomic E-state index is 12.5. The van der Waals surface area contributed by atoms with Gasteiger partial charge in [-0.15, -0.1) is 6.58 Å². The molecule has 0 aromatic heterocycles. The highest BCUT2D eigenvalue weighted by Gasteiger charge is 2.22. The van der Waals surface area contributed by atoms with Crippen LogP contribution >= 0.6 is 0 Å². The summed E-state index contributed by atoms with van der Waals surface area (Å²) in [5.41, 5.74) is 0.857. The second-order valence-corrected chi connectivity index (χ2v) is 5.49. The van der Waals surface area contributed by atoms with E-state index < -0.39 is 0 Å². The van der Waals surface area contributed by atoms with Crippen LogP contribution in [0.1, 0.15) is 44.1 Å². The Morgan fingerprint density at radius 3 is 2.25 bits per heavy atom. The number of carbonyl (C=O) groups is 1. The van der Waals surface area contributed by atoms with Crippen molar-refractivity contribution in [2.45, 2.75) is 38.5 Å². The standard InChI is InChI=1S/C19H29NO4/c1-6-8-9-10-11-20-19(21)15(7-2)14-12-16(22-3)18(24-5)17(13-14)23-4/h6,12-13,15H,1,7-11H2,2-5H3,(H,20,21)/t15-/m0/s1. The Balaban J connectivity index is 2.90. The topological polar surface area (TPSA) is 56.8 Å². The Bertz CT molecular complexity index is 517. The molecule has 0 saturated heterocycles. The lowest BCUT2D eigenvalue weighted by Gasteiger charge is -2.19. The van der Waals surface area contributed by atoms with Gasteiger partial charge >= 0.3 is 0 Å². The summed E-state index contributed by atoms with van der Waals surface area (Å²) in [7, 11) is 4.71. The van der Waals surface area contributed by atoms with E-state index in [1.54, 1.807) is 21.3 Å². The fourth-order valence-corrected chi connectivity index (χ4v) is 2.62. The molecule has 1 aromatic rings. The maximum absolute atomic E-state index is 12.5. The molecule has 0 aliphatic carbocycles. The van der Waals surface area contributed by atoms with Crippen molar-refractivity contribution < 1.29 is 19.0 Å². The number of amides is 1. The summed E-state index contributed by atoms with van der Waals surface area (Å²) in [6, 6.07) is 3.68. The zero-order valence-electron chi connectivity index (χ0n) is 15.2. The SMILES string of the molecule is C=CCCCCNC(=O)[C@@H](CC)c1cc(OC)c(OC)c(OC)c1. The average molecular weight is 335 g/mol. The fraction of sp³-hybridized carbons (Fsp3) is 0.526. The van der Waals surface area contributed by atoms with Gasteiger partial charge in [0, 0.05) is 6.54 Å². The first-order valence-electron chi connectivity index (χ1n) is 8.31. The monoisotopic (exact) mass is 335 g/mol. The van der Waals surface area contributed by atoms with Gasteiger partial charge in [-0.05, 0) is 43.4 Å². The zero-order valence-corrected chi connectivity index (χ0v) is 15.2. The van der Waals surface area contributed by atoms with Crippen LogP contribution < -0.4 is 19.5 Å². The molecule has 1 amide bonds. The van der Waals surface area contributed by atoms with Crippen molar-refractivity contribution in [2.75, 3.05) is 27.9 Å². The second-order valence-electron chi connectivity index (χ2n) is 5.49. The van der Waals surface area contributed by atoms with Crippen molar-refractivity contribution in [3.8, 4) is 17.2 Å². The Labute approximate surface area is 145 Å². The molecule has 0 saturated carbocycles.